The third kappa shape index (κ3) is 7.69. The van der Waals surface area contributed by atoms with Crippen molar-refractivity contribution in [1.82, 2.24) is 25.5 Å². The summed E-state index contributed by atoms with van der Waals surface area (Å²) < 4.78 is 23.2. The molecule has 6 rings (SSSR count). The van der Waals surface area contributed by atoms with E-state index < -0.39 is 64.7 Å². The van der Waals surface area contributed by atoms with Crippen LogP contribution in [0.1, 0.15) is 96.4 Å². The third-order valence-corrected chi connectivity index (χ3v) is 10.4. The highest BCUT2D eigenvalue weighted by Gasteiger charge is 2.57. The fourth-order valence-corrected chi connectivity index (χ4v) is 7.99. The summed E-state index contributed by atoms with van der Waals surface area (Å²) in [5.74, 6) is -1.40. The van der Waals surface area contributed by atoms with Crippen molar-refractivity contribution in [3.05, 3.63) is 47.7 Å². The molecule has 3 N–H and O–H groups in total. The van der Waals surface area contributed by atoms with Gasteiger partial charge in [0.25, 0.3) is 0 Å². The number of pyridine rings is 2. The molecule has 1 spiro atoms. The minimum atomic E-state index is -1.49. The molecule has 3 aliphatic heterocycles. The molecule has 6 unspecified atom stereocenters. The minimum Gasteiger partial charge on any atom is -0.483 e. The first kappa shape index (κ1) is 38.0. The summed E-state index contributed by atoms with van der Waals surface area (Å²) in [5, 5.41) is 17.6. The number of aromatic nitrogens is 2. The third-order valence-electron chi connectivity index (χ3n) is 10.4. The fourth-order valence-electron chi connectivity index (χ4n) is 7.99. The molecule has 0 bridgehead atoms. The molecule has 5 heterocycles. The van der Waals surface area contributed by atoms with Gasteiger partial charge < -0.3 is 39.6 Å². The number of nitrogens with zero attached hydrogens (tertiary/aromatic N) is 3. The monoisotopic (exact) mass is 733 g/mol. The van der Waals surface area contributed by atoms with Crippen LogP contribution >= 0.6 is 0 Å². The number of aryl methyl sites for hydroxylation is 1. The van der Waals surface area contributed by atoms with Crippen molar-refractivity contribution >= 4 is 34.9 Å². The number of nitrogens with one attached hydrogen (secondary N) is 2. The Morgan fingerprint density at radius 3 is 2.66 bits per heavy atom. The lowest BCUT2D eigenvalue weighted by atomic mass is 9.84. The van der Waals surface area contributed by atoms with Gasteiger partial charge in [-0.3, -0.25) is 9.59 Å². The summed E-state index contributed by atoms with van der Waals surface area (Å²) in [7, 11) is 1.50. The number of carbonyl (C=O) groups excluding carboxylic acids is 4. The number of allylic oxidation sites excluding steroid dienone is 2. The smallest absolute Gasteiger partial charge is 0.408 e. The van der Waals surface area contributed by atoms with Crippen LogP contribution in [0.3, 0.4) is 0 Å². The number of esters is 1. The van der Waals surface area contributed by atoms with Gasteiger partial charge in [0.15, 0.2) is 5.54 Å². The maximum absolute atomic E-state index is 14.7. The fraction of sp³-hybridized carbons (Fsp3) is 0.590. The van der Waals surface area contributed by atoms with Crippen LogP contribution in [0.5, 0.6) is 11.6 Å². The quantitative estimate of drug-likeness (QED) is 0.298. The maximum atomic E-state index is 14.7. The largest absolute Gasteiger partial charge is 0.483 e. The van der Waals surface area contributed by atoms with E-state index in [1.54, 1.807) is 52.8 Å². The first-order valence-corrected chi connectivity index (χ1v) is 18.5. The molecular weight excluding hydrogens is 682 g/mol. The highest BCUT2D eigenvalue weighted by molar-refractivity contribution is 5.96. The molecule has 4 aliphatic rings. The maximum Gasteiger partial charge on any atom is 0.408 e. The van der Waals surface area contributed by atoms with Crippen LogP contribution < -0.4 is 20.1 Å². The lowest BCUT2D eigenvalue weighted by molar-refractivity contribution is -0.153. The van der Waals surface area contributed by atoms with Crippen molar-refractivity contribution in [2.24, 2.45) is 5.92 Å². The number of alkyl carbamates (subject to hydrolysis) is 1. The van der Waals surface area contributed by atoms with Crippen molar-refractivity contribution in [3.8, 4) is 11.6 Å². The van der Waals surface area contributed by atoms with Gasteiger partial charge in [-0.2, -0.15) is 0 Å². The lowest BCUT2D eigenvalue weighted by Gasteiger charge is -2.38. The molecule has 286 valence electrons. The Kier molecular flexibility index (Phi) is 10.7. The second-order valence-electron chi connectivity index (χ2n) is 15.4. The normalized spacial score (nSPS) is 28.9. The minimum absolute atomic E-state index is 0.00757. The predicted octanol–water partition coefficient (Wildman–Crippen LogP) is 4.51. The first-order chi connectivity index (χ1) is 25.2. The number of fused-ring (bicyclic) bond motifs is 5. The molecule has 2 aromatic rings. The first-order valence-electron chi connectivity index (χ1n) is 18.5. The molecule has 53 heavy (non-hydrogen) atoms. The standard InChI is InChI=1S/C39H51N5O9/c1-7-51-35(48)39-19-13-15-24(39)14-11-9-8-10-12-16-26(41-36(49)53-37(3,4)5)34(47)44-22-38(20-27(44)33(46)43-39)21-28(45)30-31-25(17-18-29(42-31)50-6)40-23(2)32(30)52-38/h11,13-14,17-19,24,26-28,45H,7-10,12,15-16,20-22H2,1-6H3,(H,41,49)(H,43,46). The number of aliphatic hydroxyl groups is 1. The zero-order valence-electron chi connectivity index (χ0n) is 31.4. The molecule has 0 saturated carbocycles. The van der Waals surface area contributed by atoms with E-state index in [1.807, 2.05) is 18.2 Å². The number of methoxy groups -OCH3 is 1. The Morgan fingerprint density at radius 2 is 1.92 bits per heavy atom. The Bertz CT molecular complexity index is 1820. The number of rotatable bonds is 4. The molecule has 1 fully saturated rings. The van der Waals surface area contributed by atoms with Gasteiger partial charge in [0.05, 0.1) is 43.1 Å². The van der Waals surface area contributed by atoms with E-state index in [1.165, 1.54) is 12.0 Å². The Labute approximate surface area is 309 Å². The van der Waals surface area contributed by atoms with Gasteiger partial charge in [-0.05, 0) is 66.4 Å². The van der Waals surface area contributed by atoms with Gasteiger partial charge >= 0.3 is 12.1 Å². The van der Waals surface area contributed by atoms with E-state index in [4.69, 9.17) is 23.9 Å². The van der Waals surface area contributed by atoms with Crippen LogP contribution in [0.15, 0.2) is 36.4 Å². The van der Waals surface area contributed by atoms with Crippen molar-refractivity contribution in [3.63, 3.8) is 0 Å². The van der Waals surface area contributed by atoms with Gasteiger partial charge in [0.1, 0.15) is 34.6 Å². The molecule has 0 radical (unpaired) electrons. The van der Waals surface area contributed by atoms with Crippen LogP contribution in [-0.4, -0.2) is 92.9 Å². The molecule has 2 aromatic heterocycles. The Morgan fingerprint density at radius 1 is 1.13 bits per heavy atom. The number of ether oxygens (including phenoxy) is 4. The second kappa shape index (κ2) is 15.0. The summed E-state index contributed by atoms with van der Waals surface area (Å²) in [4.78, 5) is 66.9. The SMILES string of the molecule is CCOC(=O)C12C=CCC1C=CCCCCCC(NC(=O)OC(C)(C)C)C(=O)N1CC3(CC(O)c4c(c(C)nc5ccc(OC)nc45)O3)CC1C(=O)N2. The van der Waals surface area contributed by atoms with E-state index in [0.717, 1.165) is 19.3 Å². The lowest BCUT2D eigenvalue weighted by Crippen LogP contribution is -2.61. The van der Waals surface area contributed by atoms with Crippen LogP contribution in [0.4, 0.5) is 4.79 Å². The molecule has 14 nitrogen and oxygen atoms in total. The number of carbonyl (C=O) groups is 4. The number of amides is 3. The highest BCUT2D eigenvalue weighted by atomic mass is 16.6. The molecule has 14 heteroatoms. The summed E-state index contributed by atoms with van der Waals surface area (Å²) >= 11 is 0. The van der Waals surface area contributed by atoms with Crippen LogP contribution in [-0.2, 0) is 23.9 Å². The molecule has 1 aliphatic carbocycles. The molecule has 1 saturated heterocycles. The summed E-state index contributed by atoms with van der Waals surface area (Å²) in [5.41, 5.74) is -1.58. The van der Waals surface area contributed by atoms with Gasteiger partial charge in [-0.1, -0.05) is 37.1 Å². The molecular formula is C39H51N5O9. The van der Waals surface area contributed by atoms with Gasteiger partial charge in [-0.25, -0.2) is 19.6 Å². The van der Waals surface area contributed by atoms with Crippen molar-refractivity contribution < 1.29 is 43.2 Å². The van der Waals surface area contributed by atoms with Crippen molar-refractivity contribution in [1.29, 1.82) is 0 Å². The van der Waals surface area contributed by atoms with Crippen LogP contribution in [0, 0.1) is 12.8 Å². The molecule has 6 atom stereocenters. The van der Waals surface area contributed by atoms with E-state index in [-0.39, 0.29) is 26.0 Å². The van der Waals surface area contributed by atoms with Crippen molar-refractivity contribution in [2.75, 3.05) is 20.3 Å². The van der Waals surface area contributed by atoms with E-state index in [0.29, 0.717) is 53.2 Å². The molecule has 0 aromatic carbocycles. The zero-order valence-corrected chi connectivity index (χ0v) is 31.4. The highest BCUT2D eigenvalue weighted by Crippen LogP contribution is 2.49. The van der Waals surface area contributed by atoms with E-state index in [9.17, 15) is 24.3 Å². The number of hydrogen-bond donors (Lipinski definition) is 3. The zero-order chi connectivity index (χ0) is 38.1. The Hall–Kier alpha value is -4.72. The van der Waals surface area contributed by atoms with Crippen molar-refractivity contribution in [2.45, 2.75) is 121 Å². The molecule has 3 amide bonds. The topological polar surface area (TPSA) is 179 Å². The van der Waals surface area contributed by atoms with Gasteiger partial charge in [0, 0.05) is 24.8 Å². The van der Waals surface area contributed by atoms with Gasteiger partial charge in [0.2, 0.25) is 17.7 Å². The number of aliphatic hydroxyl groups excluding tert-OH is 1. The van der Waals surface area contributed by atoms with Crippen LogP contribution in [0.25, 0.3) is 11.0 Å². The summed E-state index contributed by atoms with van der Waals surface area (Å²) in [6.45, 7) is 8.73. The average molecular weight is 734 g/mol. The summed E-state index contributed by atoms with van der Waals surface area (Å²) in [6, 6.07) is 1.30. The van der Waals surface area contributed by atoms with Gasteiger partial charge in [-0.15, -0.1) is 0 Å². The predicted molar refractivity (Wildman–Crippen MR) is 194 cm³/mol. The van der Waals surface area contributed by atoms with E-state index >= 15 is 0 Å². The summed E-state index contributed by atoms with van der Waals surface area (Å²) in [6.07, 6.45) is 9.51. The number of hydrogen-bond acceptors (Lipinski definition) is 11. The van der Waals surface area contributed by atoms with Crippen LogP contribution in [0.2, 0.25) is 0 Å². The average Bonchev–Trinajstić information content (AvgIpc) is 3.67. The van der Waals surface area contributed by atoms with E-state index in [2.05, 4.69) is 15.6 Å². The Balaban J connectivity index is 1.41. The second-order valence-corrected chi connectivity index (χ2v) is 15.4.